The second kappa shape index (κ2) is 4.77. The van der Waals surface area contributed by atoms with Crippen molar-refractivity contribution in [1.82, 2.24) is 4.98 Å². The van der Waals surface area contributed by atoms with Gasteiger partial charge in [0.15, 0.2) is 0 Å². The van der Waals surface area contributed by atoms with Crippen LogP contribution >= 0.6 is 0 Å². The molecule has 1 aromatic carbocycles. The van der Waals surface area contributed by atoms with Crippen LogP contribution in [0, 0.1) is 6.92 Å². The highest BCUT2D eigenvalue weighted by Crippen LogP contribution is 2.18. The average Bonchev–Trinajstić information content (AvgIpc) is 2.33. The van der Waals surface area contributed by atoms with Crippen molar-refractivity contribution >= 4 is 11.5 Å². The molecule has 0 amide bonds. The summed E-state index contributed by atoms with van der Waals surface area (Å²) in [6.07, 6.45) is 1.76. The third-order valence-electron chi connectivity index (χ3n) is 2.43. The number of nitrogens with zero attached hydrogens (tertiary/aromatic N) is 1. The Kier molecular flexibility index (Phi) is 3.17. The first-order chi connectivity index (χ1) is 7.79. The summed E-state index contributed by atoms with van der Waals surface area (Å²) in [4.78, 5) is 4.28. The first kappa shape index (κ1) is 10.6. The molecular formula is C13H15N3. The van der Waals surface area contributed by atoms with Gasteiger partial charge < -0.3 is 11.1 Å². The maximum absolute atomic E-state index is 5.65. The molecule has 0 spiro atoms. The number of aryl methyl sites for hydroxylation is 1. The number of anilines is 2. The molecule has 2 rings (SSSR count). The summed E-state index contributed by atoms with van der Waals surface area (Å²) in [5.74, 6) is 0.828. The van der Waals surface area contributed by atoms with E-state index in [1.54, 1.807) is 6.20 Å². The molecule has 0 aliphatic heterocycles. The molecule has 0 aliphatic carbocycles. The molecule has 3 nitrogen and oxygen atoms in total. The molecule has 0 unspecified atom stereocenters. The third kappa shape index (κ3) is 2.38. The van der Waals surface area contributed by atoms with Crippen molar-refractivity contribution in [2.45, 2.75) is 13.5 Å². The van der Waals surface area contributed by atoms with E-state index in [1.807, 2.05) is 24.3 Å². The minimum atomic E-state index is 0.488. The highest BCUT2D eigenvalue weighted by molar-refractivity contribution is 5.59. The zero-order valence-corrected chi connectivity index (χ0v) is 9.27. The summed E-state index contributed by atoms with van der Waals surface area (Å²) < 4.78 is 0. The van der Waals surface area contributed by atoms with Gasteiger partial charge >= 0.3 is 0 Å². The number of aromatic nitrogens is 1. The minimum Gasteiger partial charge on any atom is -0.340 e. The monoisotopic (exact) mass is 213 g/mol. The molecule has 0 bridgehead atoms. The van der Waals surface area contributed by atoms with Crippen molar-refractivity contribution in [2.75, 3.05) is 5.32 Å². The zero-order valence-electron chi connectivity index (χ0n) is 9.27. The zero-order chi connectivity index (χ0) is 11.4. The molecule has 0 saturated carbocycles. The molecule has 1 heterocycles. The van der Waals surface area contributed by atoms with Gasteiger partial charge in [0, 0.05) is 24.0 Å². The van der Waals surface area contributed by atoms with E-state index < -0.39 is 0 Å². The maximum Gasteiger partial charge on any atom is 0.134 e. The highest BCUT2D eigenvalue weighted by atomic mass is 15.0. The lowest BCUT2D eigenvalue weighted by molar-refractivity contribution is 1.05. The van der Waals surface area contributed by atoms with Crippen LogP contribution in [0.4, 0.5) is 11.5 Å². The van der Waals surface area contributed by atoms with Gasteiger partial charge in [-0.05, 0) is 25.1 Å². The summed E-state index contributed by atoms with van der Waals surface area (Å²) in [6.45, 7) is 2.55. The van der Waals surface area contributed by atoms with Crippen LogP contribution < -0.4 is 11.1 Å². The molecule has 1 aromatic heterocycles. The van der Waals surface area contributed by atoms with Crippen molar-refractivity contribution in [1.29, 1.82) is 0 Å². The lowest BCUT2D eigenvalue weighted by Gasteiger charge is -2.09. The first-order valence-corrected chi connectivity index (χ1v) is 5.27. The molecular weight excluding hydrogens is 198 g/mol. The lowest BCUT2D eigenvalue weighted by atomic mass is 10.2. The van der Waals surface area contributed by atoms with E-state index in [-0.39, 0.29) is 0 Å². The molecule has 0 radical (unpaired) electrons. The molecule has 82 valence electrons. The molecule has 3 N–H and O–H groups in total. The van der Waals surface area contributed by atoms with E-state index in [2.05, 4.69) is 29.4 Å². The van der Waals surface area contributed by atoms with Gasteiger partial charge in [0.25, 0.3) is 0 Å². The Bertz CT molecular complexity index is 463. The quantitative estimate of drug-likeness (QED) is 0.824. The van der Waals surface area contributed by atoms with Crippen LogP contribution in [-0.4, -0.2) is 4.98 Å². The van der Waals surface area contributed by atoms with E-state index in [0.717, 1.165) is 17.1 Å². The summed E-state index contributed by atoms with van der Waals surface area (Å²) in [5, 5.41) is 3.26. The largest absolute Gasteiger partial charge is 0.340 e. The standard InChI is InChI=1S/C13H15N3/c1-10-4-6-12(7-5-10)16-13-11(9-14)3-2-8-15-13/h2-8H,9,14H2,1H3,(H,15,16). The van der Waals surface area contributed by atoms with Gasteiger partial charge in [-0.3, -0.25) is 0 Å². The number of benzene rings is 1. The van der Waals surface area contributed by atoms with Crippen LogP contribution in [0.5, 0.6) is 0 Å². The number of nitrogens with one attached hydrogen (secondary N) is 1. The fraction of sp³-hybridized carbons (Fsp3) is 0.154. The van der Waals surface area contributed by atoms with Crippen LogP contribution in [0.2, 0.25) is 0 Å². The van der Waals surface area contributed by atoms with E-state index in [0.29, 0.717) is 6.54 Å². The maximum atomic E-state index is 5.65. The molecule has 0 fully saturated rings. The number of pyridine rings is 1. The fourth-order valence-corrected chi connectivity index (χ4v) is 1.49. The molecule has 0 aliphatic rings. The Morgan fingerprint density at radius 1 is 1.19 bits per heavy atom. The topological polar surface area (TPSA) is 50.9 Å². The Balaban J connectivity index is 2.23. The Morgan fingerprint density at radius 3 is 2.62 bits per heavy atom. The summed E-state index contributed by atoms with van der Waals surface area (Å²) in [7, 11) is 0. The number of hydrogen-bond acceptors (Lipinski definition) is 3. The normalized spacial score (nSPS) is 10.1. The minimum absolute atomic E-state index is 0.488. The second-order valence-corrected chi connectivity index (χ2v) is 3.71. The van der Waals surface area contributed by atoms with Gasteiger partial charge in [-0.25, -0.2) is 4.98 Å². The first-order valence-electron chi connectivity index (χ1n) is 5.27. The van der Waals surface area contributed by atoms with Gasteiger partial charge in [0.2, 0.25) is 0 Å². The van der Waals surface area contributed by atoms with Crippen LogP contribution in [0.15, 0.2) is 42.6 Å². The third-order valence-corrected chi connectivity index (χ3v) is 2.43. The van der Waals surface area contributed by atoms with Gasteiger partial charge in [-0.2, -0.15) is 0 Å². The van der Waals surface area contributed by atoms with Gasteiger partial charge in [-0.15, -0.1) is 0 Å². The number of hydrogen-bond donors (Lipinski definition) is 2. The van der Waals surface area contributed by atoms with E-state index in [9.17, 15) is 0 Å². The van der Waals surface area contributed by atoms with Crippen molar-refractivity contribution in [3.05, 3.63) is 53.7 Å². The van der Waals surface area contributed by atoms with Crippen LogP contribution in [-0.2, 0) is 6.54 Å². The summed E-state index contributed by atoms with van der Waals surface area (Å²) in [5.41, 5.74) is 8.93. The van der Waals surface area contributed by atoms with Crippen molar-refractivity contribution in [2.24, 2.45) is 5.73 Å². The summed E-state index contributed by atoms with van der Waals surface area (Å²) >= 11 is 0. The number of rotatable bonds is 3. The van der Waals surface area contributed by atoms with Crippen LogP contribution in [0.25, 0.3) is 0 Å². The van der Waals surface area contributed by atoms with E-state index in [4.69, 9.17) is 5.73 Å². The van der Waals surface area contributed by atoms with Crippen LogP contribution in [0.1, 0.15) is 11.1 Å². The smallest absolute Gasteiger partial charge is 0.134 e. The second-order valence-electron chi connectivity index (χ2n) is 3.71. The molecule has 2 aromatic rings. The predicted molar refractivity (Wildman–Crippen MR) is 66.6 cm³/mol. The average molecular weight is 213 g/mol. The predicted octanol–water partition coefficient (Wildman–Crippen LogP) is 2.59. The van der Waals surface area contributed by atoms with Gasteiger partial charge in [0.1, 0.15) is 5.82 Å². The molecule has 3 heteroatoms. The highest BCUT2D eigenvalue weighted by Gasteiger charge is 2.01. The lowest BCUT2D eigenvalue weighted by Crippen LogP contribution is -2.03. The summed E-state index contributed by atoms with van der Waals surface area (Å²) in [6, 6.07) is 12.1. The van der Waals surface area contributed by atoms with Gasteiger partial charge in [0.05, 0.1) is 0 Å². The number of nitrogens with two attached hydrogens (primary N) is 1. The Morgan fingerprint density at radius 2 is 1.94 bits per heavy atom. The van der Waals surface area contributed by atoms with Crippen molar-refractivity contribution in [3.63, 3.8) is 0 Å². The van der Waals surface area contributed by atoms with Crippen molar-refractivity contribution < 1.29 is 0 Å². The SMILES string of the molecule is Cc1ccc(Nc2ncccc2CN)cc1. The Hall–Kier alpha value is -1.87. The van der Waals surface area contributed by atoms with E-state index >= 15 is 0 Å². The van der Waals surface area contributed by atoms with Crippen LogP contribution in [0.3, 0.4) is 0 Å². The van der Waals surface area contributed by atoms with Gasteiger partial charge in [-0.1, -0.05) is 23.8 Å². The molecule has 0 atom stereocenters. The molecule has 0 saturated heterocycles. The Labute approximate surface area is 95.3 Å². The fourth-order valence-electron chi connectivity index (χ4n) is 1.49. The van der Waals surface area contributed by atoms with E-state index in [1.165, 1.54) is 5.56 Å². The van der Waals surface area contributed by atoms with Crippen molar-refractivity contribution in [3.8, 4) is 0 Å². The molecule has 16 heavy (non-hydrogen) atoms.